The van der Waals surface area contributed by atoms with Crippen LogP contribution in [0.4, 0.5) is 23.5 Å². The first-order valence-electron chi connectivity index (χ1n) is 8.12. The number of piperazine rings is 1. The maximum absolute atomic E-state index is 14.7. The van der Waals surface area contributed by atoms with E-state index >= 15 is 0 Å². The van der Waals surface area contributed by atoms with Crippen LogP contribution in [0.25, 0.3) is 16.6 Å². The molecule has 0 amide bonds. The Kier molecular flexibility index (Phi) is 4.89. The molecular formula is C16H17ClF4N6. The molecule has 0 aliphatic carbocycles. The topological polar surface area (TPSA) is 49.6 Å². The molecule has 1 fully saturated rings. The van der Waals surface area contributed by atoms with Gasteiger partial charge in [-0.1, -0.05) is 0 Å². The lowest BCUT2D eigenvalue weighted by atomic mass is 10.1. The summed E-state index contributed by atoms with van der Waals surface area (Å²) in [6, 6.07) is 1.91. The van der Waals surface area contributed by atoms with Crippen LogP contribution in [0, 0.1) is 12.7 Å². The molecule has 2 aromatic heterocycles. The lowest BCUT2D eigenvalue weighted by Crippen LogP contribution is -2.45. The molecule has 1 saturated heterocycles. The van der Waals surface area contributed by atoms with E-state index in [0.717, 1.165) is 19.2 Å². The Morgan fingerprint density at radius 3 is 2.33 bits per heavy atom. The number of hydrogen-bond acceptors (Lipinski definition) is 5. The van der Waals surface area contributed by atoms with E-state index in [2.05, 4.69) is 20.0 Å². The number of halogens is 5. The lowest BCUT2D eigenvalue weighted by molar-refractivity contribution is -0.139. The van der Waals surface area contributed by atoms with Crippen molar-refractivity contribution in [3.63, 3.8) is 0 Å². The summed E-state index contributed by atoms with van der Waals surface area (Å²) in [5.41, 5.74) is -1.16. The first-order valence-corrected chi connectivity index (χ1v) is 8.12. The zero-order valence-corrected chi connectivity index (χ0v) is 15.4. The molecular weight excluding hydrogens is 388 g/mol. The van der Waals surface area contributed by atoms with Crippen molar-refractivity contribution in [2.75, 3.05) is 38.1 Å². The average molecular weight is 405 g/mol. The van der Waals surface area contributed by atoms with E-state index in [0.29, 0.717) is 24.9 Å². The van der Waals surface area contributed by atoms with E-state index in [-0.39, 0.29) is 29.0 Å². The van der Waals surface area contributed by atoms with Crippen molar-refractivity contribution in [2.24, 2.45) is 0 Å². The molecule has 4 rings (SSSR count). The van der Waals surface area contributed by atoms with Crippen LogP contribution in [0.1, 0.15) is 11.4 Å². The standard InChI is InChI=1S/C16H16F4N6.ClH/c1-9-21-14-12-11(4-3-10(13(12)17)16(18,19)20)22-15(26(14)23-9)25-7-5-24(2)6-8-25;/h3-4H,5-8H2,1-2H3;1H. The van der Waals surface area contributed by atoms with E-state index in [4.69, 9.17) is 0 Å². The molecule has 27 heavy (non-hydrogen) atoms. The summed E-state index contributed by atoms with van der Waals surface area (Å²) in [7, 11) is 2.01. The number of aromatic nitrogens is 4. The number of benzene rings is 1. The highest BCUT2D eigenvalue weighted by atomic mass is 35.5. The van der Waals surface area contributed by atoms with E-state index in [1.807, 2.05) is 11.9 Å². The molecule has 0 bridgehead atoms. The molecule has 146 valence electrons. The number of fused-ring (bicyclic) bond motifs is 3. The third-order valence-electron chi connectivity index (χ3n) is 4.56. The summed E-state index contributed by atoms with van der Waals surface area (Å²) in [6.45, 7) is 4.61. The zero-order chi connectivity index (χ0) is 18.6. The third-order valence-corrected chi connectivity index (χ3v) is 4.56. The Labute approximate surface area is 158 Å². The van der Waals surface area contributed by atoms with Gasteiger partial charge in [0.05, 0.1) is 16.5 Å². The van der Waals surface area contributed by atoms with Gasteiger partial charge in [0.25, 0.3) is 0 Å². The molecule has 11 heteroatoms. The summed E-state index contributed by atoms with van der Waals surface area (Å²) in [4.78, 5) is 12.7. The van der Waals surface area contributed by atoms with Crippen LogP contribution in [0.15, 0.2) is 12.1 Å². The molecule has 1 aromatic carbocycles. The molecule has 0 spiro atoms. The Morgan fingerprint density at radius 2 is 1.70 bits per heavy atom. The smallest absolute Gasteiger partial charge is 0.338 e. The number of likely N-dealkylation sites (N-methyl/N-ethyl adjacent to an activating group) is 1. The zero-order valence-electron chi connectivity index (χ0n) is 14.6. The van der Waals surface area contributed by atoms with Gasteiger partial charge in [-0.15, -0.1) is 17.5 Å². The first-order chi connectivity index (χ1) is 12.3. The summed E-state index contributed by atoms with van der Waals surface area (Å²) in [5.74, 6) is -0.573. The van der Waals surface area contributed by atoms with Crippen molar-refractivity contribution < 1.29 is 17.6 Å². The molecule has 0 N–H and O–H groups in total. The Bertz CT molecular complexity index is 994. The largest absolute Gasteiger partial charge is 0.419 e. The molecule has 0 atom stereocenters. The maximum Gasteiger partial charge on any atom is 0.419 e. The van der Waals surface area contributed by atoms with E-state index in [9.17, 15) is 17.6 Å². The summed E-state index contributed by atoms with van der Waals surface area (Å²) < 4.78 is 55.2. The molecule has 1 aliphatic heterocycles. The molecule has 6 nitrogen and oxygen atoms in total. The van der Waals surface area contributed by atoms with Crippen LogP contribution in [0.2, 0.25) is 0 Å². The fourth-order valence-electron chi connectivity index (χ4n) is 3.17. The number of alkyl halides is 3. The van der Waals surface area contributed by atoms with Gasteiger partial charge in [0.15, 0.2) is 5.65 Å². The van der Waals surface area contributed by atoms with Gasteiger partial charge in [0, 0.05) is 26.2 Å². The summed E-state index contributed by atoms with van der Waals surface area (Å²) in [5, 5.41) is 3.96. The average Bonchev–Trinajstić information content (AvgIpc) is 2.95. The van der Waals surface area contributed by atoms with Crippen molar-refractivity contribution >= 4 is 34.9 Å². The molecule has 0 unspecified atom stereocenters. The molecule has 3 heterocycles. The Hall–Kier alpha value is -2.20. The molecule has 1 aliphatic rings. The summed E-state index contributed by atoms with van der Waals surface area (Å²) in [6.07, 6.45) is -4.79. The van der Waals surface area contributed by atoms with Gasteiger partial charge in [0.2, 0.25) is 5.95 Å². The van der Waals surface area contributed by atoms with Crippen LogP contribution in [-0.2, 0) is 6.18 Å². The fourth-order valence-corrected chi connectivity index (χ4v) is 3.17. The Morgan fingerprint density at radius 1 is 1.04 bits per heavy atom. The highest BCUT2D eigenvalue weighted by Gasteiger charge is 2.36. The fraction of sp³-hybridized carbons (Fsp3) is 0.438. The quantitative estimate of drug-likeness (QED) is 0.584. The third kappa shape index (κ3) is 3.27. The van der Waals surface area contributed by atoms with Crippen LogP contribution in [0.3, 0.4) is 0 Å². The van der Waals surface area contributed by atoms with Crippen LogP contribution in [-0.4, -0.2) is 57.7 Å². The van der Waals surface area contributed by atoms with Crippen molar-refractivity contribution in [1.82, 2.24) is 24.5 Å². The maximum atomic E-state index is 14.7. The van der Waals surface area contributed by atoms with E-state index in [1.54, 1.807) is 6.92 Å². The number of rotatable bonds is 1. The predicted molar refractivity (Wildman–Crippen MR) is 94.9 cm³/mol. The number of hydrogen-bond donors (Lipinski definition) is 0. The minimum absolute atomic E-state index is 0. The van der Waals surface area contributed by atoms with Crippen molar-refractivity contribution in [3.8, 4) is 0 Å². The molecule has 0 radical (unpaired) electrons. The lowest BCUT2D eigenvalue weighted by Gasteiger charge is -2.33. The molecule has 0 saturated carbocycles. The SMILES string of the molecule is Cc1nc2c3c(F)c(C(F)(F)F)ccc3nc(N3CCN(C)CC3)n2n1.Cl. The van der Waals surface area contributed by atoms with Gasteiger partial charge in [-0.05, 0) is 26.1 Å². The normalized spacial score (nSPS) is 16.1. The second-order valence-electron chi connectivity index (χ2n) is 6.42. The van der Waals surface area contributed by atoms with Crippen molar-refractivity contribution in [1.29, 1.82) is 0 Å². The number of aryl methyl sites for hydroxylation is 1. The van der Waals surface area contributed by atoms with Crippen LogP contribution >= 0.6 is 12.4 Å². The summed E-state index contributed by atoms with van der Waals surface area (Å²) >= 11 is 0. The highest BCUT2D eigenvalue weighted by Crippen LogP contribution is 2.36. The second-order valence-corrected chi connectivity index (χ2v) is 6.42. The van der Waals surface area contributed by atoms with Crippen molar-refractivity contribution in [2.45, 2.75) is 13.1 Å². The second kappa shape index (κ2) is 6.75. The predicted octanol–water partition coefficient (Wildman–Crippen LogP) is 2.92. The van der Waals surface area contributed by atoms with E-state index < -0.39 is 17.6 Å². The minimum Gasteiger partial charge on any atom is -0.338 e. The van der Waals surface area contributed by atoms with Crippen LogP contribution < -0.4 is 4.90 Å². The number of anilines is 1. The van der Waals surface area contributed by atoms with Gasteiger partial charge >= 0.3 is 6.18 Å². The molecule has 3 aromatic rings. The Balaban J connectivity index is 0.00000210. The first kappa shape index (κ1) is 19.6. The van der Waals surface area contributed by atoms with Gasteiger partial charge < -0.3 is 9.80 Å². The van der Waals surface area contributed by atoms with Crippen molar-refractivity contribution in [3.05, 3.63) is 29.3 Å². The van der Waals surface area contributed by atoms with Crippen LogP contribution in [0.5, 0.6) is 0 Å². The van der Waals surface area contributed by atoms with E-state index in [1.165, 1.54) is 10.6 Å². The van der Waals surface area contributed by atoms with Gasteiger partial charge in [-0.25, -0.2) is 14.4 Å². The highest BCUT2D eigenvalue weighted by molar-refractivity contribution is 5.93. The van der Waals surface area contributed by atoms with Gasteiger partial charge in [0.1, 0.15) is 11.6 Å². The van der Waals surface area contributed by atoms with Gasteiger partial charge in [-0.3, -0.25) is 0 Å². The minimum atomic E-state index is -4.79. The van der Waals surface area contributed by atoms with Gasteiger partial charge in [-0.2, -0.15) is 17.7 Å². The monoisotopic (exact) mass is 404 g/mol. The number of nitrogens with zero attached hydrogens (tertiary/aromatic N) is 6.